The maximum atomic E-state index is 5.77. The molecule has 1 heterocycles. The molecule has 0 spiro atoms. The first-order chi connectivity index (χ1) is 7.16. The smallest absolute Gasteiger partial charge is 0.298 e. The predicted octanol–water partition coefficient (Wildman–Crippen LogP) is 2.53. The van der Waals surface area contributed by atoms with E-state index in [1.54, 1.807) is 0 Å². The van der Waals surface area contributed by atoms with Crippen molar-refractivity contribution in [1.82, 2.24) is 9.36 Å². The summed E-state index contributed by atoms with van der Waals surface area (Å²) in [5.74, 6) is 1.45. The first-order valence-electron chi connectivity index (χ1n) is 4.50. The molecule has 0 saturated carbocycles. The van der Waals surface area contributed by atoms with E-state index < -0.39 is 0 Å². The Hall–Kier alpha value is -1.62. The summed E-state index contributed by atoms with van der Waals surface area (Å²) in [5.41, 5.74) is 7.40. The molecule has 0 aliphatic rings. The molecule has 2 aromatic rings. The number of aryl methyl sites for hydroxylation is 1. The van der Waals surface area contributed by atoms with Gasteiger partial charge in [-0.15, -0.1) is 0 Å². The highest BCUT2D eigenvalue weighted by Gasteiger charge is 2.06. The van der Waals surface area contributed by atoms with Crippen molar-refractivity contribution in [3.63, 3.8) is 0 Å². The van der Waals surface area contributed by atoms with Crippen LogP contribution >= 0.6 is 11.5 Å². The number of anilines is 1. The molecular weight excluding hydrogens is 210 g/mol. The number of hydrogen-bond donors (Lipinski definition) is 1. The van der Waals surface area contributed by atoms with Crippen LogP contribution in [0.4, 0.5) is 5.69 Å². The largest absolute Gasteiger partial charge is 0.429 e. The van der Waals surface area contributed by atoms with E-state index >= 15 is 0 Å². The summed E-state index contributed by atoms with van der Waals surface area (Å²) >= 11 is 1.23. The number of nitrogen functional groups attached to an aromatic ring is 1. The van der Waals surface area contributed by atoms with E-state index in [2.05, 4.69) is 9.36 Å². The molecule has 2 rings (SSSR count). The van der Waals surface area contributed by atoms with Gasteiger partial charge < -0.3 is 10.5 Å². The maximum Gasteiger partial charge on any atom is 0.298 e. The van der Waals surface area contributed by atoms with Gasteiger partial charge in [-0.2, -0.15) is 9.36 Å². The molecule has 1 aromatic carbocycles. The highest BCUT2D eigenvalue weighted by atomic mass is 32.1. The first-order valence-corrected chi connectivity index (χ1v) is 5.27. The Morgan fingerprint density at radius 2 is 2.13 bits per heavy atom. The predicted molar refractivity (Wildman–Crippen MR) is 60.3 cm³/mol. The van der Waals surface area contributed by atoms with Crippen LogP contribution in [0.1, 0.15) is 11.4 Å². The molecule has 0 aliphatic carbocycles. The average Bonchev–Trinajstić information content (AvgIpc) is 2.59. The summed E-state index contributed by atoms with van der Waals surface area (Å²) in [6, 6.07) is 5.56. The first kappa shape index (κ1) is 9.92. The number of ether oxygens (including phenoxy) is 1. The topological polar surface area (TPSA) is 61.0 Å². The molecule has 1 aromatic heterocycles. The summed E-state index contributed by atoms with van der Waals surface area (Å²) in [4.78, 5) is 4.12. The molecule has 4 nitrogen and oxygen atoms in total. The molecule has 78 valence electrons. The fourth-order valence-electron chi connectivity index (χ4n) is 1.16. The van der Waals surface area contributed by atoms with E-state index in [9.17, 15) is 0 Å². The second kappa shape index (κ2) is 3.86. The minimum absolute atomic E-state index is 0.543. The summed E-state index contributed by atoms with van der Waals surface area (Å²) in [7, 11) is 0. The van der Waals surface area contributed by atoms with Gasteiger partial charge in [0.25, 0.3) is 5.19 Å². The van der Waals surface area contributed by atoms with Crippen molar-refractivity contribution in [1.29, 1.82) is 0 Å². The normalized spacial score (nSPS) is 10.3. The molecule has 0 amide bonds. The van der Waals surface area contributed by atoms with E-state index in [0.29, 0.717) is 10.9 Å². The Morgan fingerprint density at radius 1 is 1.33 bits per heavy atom. The third-order valence-electron chi connectivity index (χ3n) is 2.03. The van der Waals surface area contributed by atoms with Gasteiger partial charge in [0.05, 0.1) is 0 Å². The van der Waals surface area contributed by atoms with Crippen LogP contribution in [0.3, 0.4) is 0 Å². The van der Waals surface area contributed by atoms with Gasteiger partial charge in [-0.1, -0.05) is 6.07 Å². The number of hydrogen-bond acceptors (Lipinski definition) is 5. The Balaban J connectivity index is 2.28. The Kier molecular flexibility index (Phi) is 2.55. The lowest BCUT2D eigenvalue weighted by Crippen LogP contribution is -1.92. The van der Waals surface area contributed by atoms with Crippen molar-refractivity contribution in [3.8, 4) is 10.9 Å². The quantitative estimate of drug-likeness (QED) is 0.791. The van der Waals surface area contributed by atoms with Gasteiger partial charge in [-0.3, -0.25) is 0 Å². The average molecular weight is 221 g/mol. The molecule has 0 saturated heterocycles. The van der Waals surface area contributed by atoms with E-state index in [4.69, 9.17) is 10.5 Å². The van der Waals surface area contributed by atoms with Crippen LogP contribution in [0.15, 0.2) is 18.2 Å². The molecule has 0 radical (unpaired) electrons. The fraction of sp³-hybridized carbons (Fsp3) is 0.200. The van der Waals surface area contributed by atoms with Crippen molar-refractivity contribution in [3.05, 3.63) is 29.6 Å². The van der Waals surface area contributed by atoms with Crippen molar-refractivity contribution in [2.45, 2.75) is 13.8 Å². The van der Waals surface area contributed by atoms with Gasteiger partial charge in [0.2, 0.25) is 0 Å². The molecule has 15 heavy (non-hydrogen) atoms. The van der Waals surface area contributed by atoms with E-state index in [-0.39, 0.29) is 0 Å². The number of rotatable bonds is 2. The van der Waals surface area contributed by atoms with Crippen LogP contribution < -0.4 is 10.5 Å². The molecule has 0 fully saturated rings. The standard InChI is InChI=1S/C10H11N3OS/c1-6-8(11)4-3-5-9(6)14-10-12-7(2)13-15-10/h3-5H,11H2,1-2H3. The van der Waals surface area contributed by atoms with Crippen molar-refractivity contribution < 1.29 is 4.74 Å². The van der Waals surface area contributed by atoms with Crippen LogP contribution in [0.2, 0.25) is 0 Å². The summed E-state index contributed by atoms with van der Waals surface area (Å²) in [6.07, 6.45) is 0. The second-order valence-electron chi connectivity index (χ2n) is 3.18. The van der Waals surface area contributed by atoms with Crippen molar-refractivity contribution >= 4 is 17.2 Å². The fourth-order valence-corrected chi connectivity index (χ4v) is 1.71. The van der Waals surface area contributed by atoms with Crippen molar-refractivity contribution in [2.24, 2.45) is 0 Å². The van der Waals surface area contributed by atoms with Crippen LogP contribution in [0.25, 0.3) is 0 Å². The molecule has 2 N–H and O–H groups in total. The van der Waals surface area contributed by atoms with Gasteiger partial charge in [0.1, 0.15) is 11.6 Å². The molecule has 0 aliphatic heterocycles. The lowest BCUT2D eigenvalue weighted by Gasteiger charge is -2.06. The van der Waals surface area contributed by atoms with Gasteiger partial charge in [0, 0.05) is 22.8 Å². The Labute approximate surface area is 91.9 Å². The maximum absolute atomic E-state index is 5.77. The van der Waals surface area contributed by atoms with E-state index in [0.717, 1.165) is 17.1 Å². The van der Waals surface area contributed by atoms with Crippen LogP contribution in [0, 0.1) is 13.8 Å². The van der Waals surface area contributed by atoms with Gasteiger partial charge in [0.15, 0.2) is 0 Å². The lowest BCUT2D eigenvalue weighted by atomic mass is 10.2. The third-order valence-corrected chi connectivity index (χ3v) is 2.72. The molecule has 0 atom stereocenters. The Bertz CT molecular complexity index is 481. The van der Waals surface area contributed by atoms with Crippen LogP contribution in [-0.2, 0) is 0 Å². The number of aromatic nitrogens is 2. The molecule has 0 unspecified atom stereocenters. The minimum atomic E-state index is 0.543. The van der Waals surface area contributed by atoms with Crippen LogP contribution in [-0.4, -0.2) is 9.36 Å². The highest BCUT2D eigenvalue weighted by molar-refractivity contribution is 7.07. The van der Waals surface area contributed by atoms with Crippen molar-refractivity contribution in [2.75, 3.05) is 5.73 Å². The summed E-state index contributed by atoms with van der Waals surface area (Å²) in [5, 5.41) is 0.543. The molecule has 5 heteroatoms. The second-order valence-corrected chi connectivity index (χ2v) is 3.89. The SMILES string of the molecule is Cc1nsc(Oc2cccc(N)c2C)n1. The summed E-state index contributed by atoms with van der Waals surface area (Å²) in [6.45, 7) is 3.74. The van der Waals surface area contributed by atoms with Gasteiger partial charge in [-0.25, -0.2) is 0 Å². The highest BCUT2D eigenvalue weighted by Crippen LogP contribution is 2.28. The third kappa shape index (κ3) is 2.07. The van der Waals surface area contributed by atoms with Gasteiger partial charge in [-0.05, 0) is 26.0 Å². The molecule has 0 bridgehead atoms. The number of benzene rings is 1. The Morgan fingerprint density at radius 3 is 2.80 bits per heavy atom. The van der Waals surface area contributed by atoms with E-state index in [1.165, 1.54) is 11.5 Å². The van der Waals surface area contributed by atoms with Crippen LogP contribution in [0.5, 0.6) is 10.9 Å². The summed E-state index contributed by atoms with van der Waals surface area (Å²) < 4.78 is 9.61. The number of nitrogens with two attached hydrogens (primary N) is 1. The number of nitrogens with zero attached hydrogens (tertiary/aromatic N) is 2. The zero-order chi connectivity index (χ0) is 10.8. The molecular formula is C10H11N3OS. The van der Waals surface area contributed by atoms with E-state index in [1.807, 2.05) is 32.0 Å². The van der Waals surface area contributed by atoms with Gasteiger partial charge >= 0.3 is 0 Å². The minimum Gasteiger partial charge on any atom is -0.429 e. The zero-order valence-corrected chi connectivity index (χ0v) is 9.34. The zero-order valence-electron chi connectivity index (χ0n) is 8.52. The monoisotopic (exact) mass is 221 g/mol. The lowest BCUT2D eigenvalue weighted by molar-refractivity contribution is 0.474.